The fourth-order valence-electron chi connectivity index (χ4n) is 0.282. The first-order chi connectivity index (χ1) is 3.43. The van der Waals surface area contributed by atoms with Crippen LogP contribution >= 0.6 is 8.46 Å². The Bertz CT molecular complexity index is 109. The van der Waals surface area contributed by atoms with Gasteiger partial charge in [-0.15, -0.1) is 0 Å². The summed E-state index contributed by atoms with van der Waals surface area (Å²) < 4.78 is 19.0. The van der Waals surface area contributed by atoms with Crippen LogP contribution in [0.5, 0.6) is 0 Å². The molecule has 0 fully saturated rings. The van der Waals surface area contributed by atoms with Crippen molar-refractivity contribution in [1.29, 1.82) is 0 Å². The zero-order chi connectivity index (χ0) is 5.11. The van der Waals surface area contributed by atoms with E-state index in [-0.39, 0.29) is 15.3 Å². The monoisotopic (exact) mass is 118 g/mol. The molecule has 7 heavy (non-hydrogen) atoms. The van der Waals surface area contributed by atoms with Crippen LogP contribution in [0.2, 0.25) is 0 Å². The maximum atomic E-state index is 9.83. The van der Waals surface area contributed by atoms with Crippen molar-refractivity contribution < 1.29 is 14.0 Å². The zero-order valence-corrected chi connectivity index (χ0v) is 4.35. The minimum Gasteiger partial charge on any atom is -0.461 e. The molecule has 0 aliphatic carbocycles. The molecular weight excluding hydrogens is 115 g/mol. The second kappa shape index (κ2) is 1.94. The lowest BCUT2D eigenvalue weighted by molar-refractivity contribution is 0.0881. The molecule has 0 aromatic carbocycles. The predicted molar refractivity (Wildman–Crippen MR) is 22.7 cm³/mol. The standard InChI is InChI=1S/C3H3O3P/c4-7-3-1-5-2-6-3/h1H,2H2. The average Bonchev–Trinajstić information content (AvgIpc) is 2.14. The molecule has 0 bridgehead atoms. The second-order valence-electron chi connectivity index (χ2n) is 0.976. The van der Waals surface area contributed by atoms with E-state index in [0.717, 1.165) is 0 Å². The van der Waals surface area contributed by atoms with Crippen LogP contribution in [0.1, 0.15) is 0 Å². The van der Waals surface area contributed by atoms with E-state index in [1.807, 2.05) is 0 Å². The van der Waals surface area contributed by atoms with Crippen molar-refractivity contribution in [3.8, 4) is 0 Å². The van der Waals surface area contributed by atoms with Crippen molar-refractivity contribution in [3.05, 3.63) is 11.8 Å². The first-order valence-corrected chi connectivity index (χ1v) is 2.52. The third-order valence-corrected chi connectivity index (χ3v) is 0.963. The highest BCUT2D eigenvalue weighted by atomic mass is 31.1. The van der Waals surface area contributed by atoms with E-state index in [2.05, 4.69) is 9.47 Å². The van der Waals surface area contributed by atoms with E-state index in [1.165, 1.54) is 6.26 Å². The van der Waals surface area contributed by atoms with Crippen LogP contribution in [0.4, 0.5) is 0 Å². The van der Waals surface area contributed by atoms with E-state index >= 15 is 0 Å². The molecule has 0 saturated carbocycles. The van der Waals surface area contributed by atoms with Gasteiger partial charge in [0, 0.05) is 0 Å². The van der Waals surface area contributed by atoms with Gasteiger partial charge in [-0.05, 0) is 0 Å². The van der Waals surface area contributed by atoms with E-state index in [1.54, 1.807) is 0 Å². The van der Waals surface area contributed by atoms with Gasteiger partial charge >= 0.3 is 0 Å². The van der Waals surface area contributed by atoms with Gasteiger partial charge in [-0.3, -0.25) is 4.57 Å². The lowest BCUT2D eigenvalue weighted by atomic mass is 11.1. The van der Waals surface area contributed by atoms with Gasteiger partial charge in [-0.2, -0.15) is 0 Å². The van der Waals surface area contributed by atoms with Crippen LogP contribution in [0.3, 0.4) is 0 Å². The maximum absolute atomic E-state index is 9.83. The minimum absolute atomic E-state index is 0.114. The molecule has 0 atom stereocenters. The molecule has 0 aromatic heterocycles. The Morgan fingerprint density at radius 3 is 3.00 bits per heavy atom. The topological polar surface area (TPSA) is 35.5 Å². The smallest absolute Gasteiger partial charge is 0.234 e. The van der Waals surface area contributed by atoms with Crippen molar-refractivity contribution in [2.45, 2.75) is 0 Å². The van der Waals surface area contributed by atoms with Gasteiger partial charge in [0.1, 0.15) is 6.26 Å². The Morgan fingerprint density at radius 1 is 1.86 bits per heavy atom. The summed E-state index contributed by atoms with van der Waals surface area (Å²) >= 11 is 0. The third-order valence-electron chi connectivity index (χ3n) is 0.549. The number of rotatable bonds is 1. The number of ether oxygens (including phenoxy) is 2. The Morgan fingerprint density at radius 2 is 2.71 bits per heavy atom. The first-order valence-electron chi connectivity index (χ1n) is 1.71. The van der Waals surface area contributed by atoms with Crippen molar-refractivity contribution >= 4 is 8.46 Å². The molecule has 38 valence electrons. The zero-order valence-electron chi connectivity index (χ0n) is 3.46. The molecule has 4 heteroatoms. The molecule has 0 amide bonds. The molecule has 1 heterocycles. The van der Waals surface area contributed by atoms with Gasteiger partial charge < -0.3 is 9.47 Å². The summed E-state index contributed by atoms with van der Waals surface area (Å²) in [7, 11) is -0.114. The molecule has 0 N–H and O–H groups in total. The van der Waals surface area contributed by atoms with Crippen LogP contribution in [-0.4, -0.2) is 6.79 Å². The van der Waals surface area contributed by atoms with Gasteiger partial charge in [0.25, 0.3) is 0 Å². The Labute approximate surface area is 42.1 Å². The molecule has 0 aromatic rings. The van der Waals surface area contributed by atoms with E-state index in [9.17, 15) is 4.57 Å². The Kier molecular flexibility index (Phi) is 1.27. The molecule has 0 unspecified atom stereocenters. The highest BCUT2D eigenvalue weighted by Crippen LogP contribution is 2.17. The van der Waals surface area contributed by atoms with Crippen LogP contribution in [-0.2, 0) is 14.0 Å². The van der Waals surface area contributed by atoms with E-state index in [0.29, 0.717) is 5.50 Å². The largest absolute Gasteiger partial charge is 0.461 e. The molecule has 3 nitrogen and oxygen atoms in total. The lowest BCUT2D eigenvalue weighted by Crippen LogP contribution is -1.77. The predicted octanol–water partition coefficient (Wildman–Crippen LogP) is 1.08. The molecule has 0 saturated heterocycles. The van der Waals surface area contributed by atoms with Crippen molar-refractivity contribution in [3.63, 3.8) is 0 Å². The van der Waals surface area contributed by atoms with Crippen LogP contribution in [0, 0.1) is 0 Å². The highest BCUT2D eigenvalue weighted by Gasteiger charge is 2.02. The molecule has 1 aliphatic heterocycles. The van der Waals surface area contributed by atoms with Crippen molar-refractivity contribution in [2.24, 2.45) is 0 Å². The number of hydrogen-bond donors (Lipinski definition) is 0. The molecular formula is C3H3O3P. The Balaban J connectivity index is 2.51. The summed E-state index contributed by atoms with van der Waals surface area (Å²) in [4.78, 5) is 0. The third kappa shape index (κ3) is 0.904. The summed E-state index contributed by atoms with van der Waals surface area (Å²) in [6.45, 7) is 0.199. The summed E-state index contributed by atoms with van der Waals surface area (Å²) in [6.07, 6.45) is 1.33. The summed E-state index contributed by atoms with van der Waals surface area (Å²) in [5.41, 5.74) is 0.361. The molecule has 0 spiro atoms. The van der Waals surface area contributed by atoms with Crippen molar-refractivity contribution in [2.75, 3.05) is 6.79 Å². The summed E-state index contributed by atoms with van der Waals surface area (Å²) in [6, 6.07) is 0. The fraction of sp³-hybridized carbons (Fsp3) is 0.333. The molecule has 0 radical (unpaired) electrons. The number of hydrogen-bond acceptors (Lipinski definition) is 3. The van der Waals surface area contributed by atoms with Gasteiger partial charge in [0.15, 0.2) is 0 Å². The van der Waals surface area contributed by atoms with Gasteiger partial charge in [0.05, 0.1) is 0 Å². The average molecular weight is 118 g/mol. The Hall–Kier alpha value is -0.560. The van der Waals surface area contributed by atoms with Crippen LogP contribution in [0.25, 0.3) is 0 Å². The van der Waals surface area contributed by atoms with Crippen molar-refractivity contribution in [1.82, 2.24) is 0 Å². The van der Waals surface area contributed by atoms with Gasteiger partial charge in [0.2, 0.25) is 20.8 Å². The second-order valence-corrected chi connectivity index (χ2v) is 1.60. The summed E-state index contributed by atoms with van der Waals surface area (Å²) in [5.74, 6) is 0. The maximum Gasteiger partial charge on any atom is 0.234 e. The molecule has 1 rings (SSSR count). The molecule has 1 aliphatic rings. The van der Waals surface area contributed by atoms with Crippen LogP contribution < -0.4 is 0 Å². The lowest BCUT2D eigenvalue weighted by Gasteiger charge is -1.85. The fourth-order valence-corrected chi connectivity index (χ4v) is 0.505. The van der Waals surface area contributed by atoms with E-state index < -0.39 is 0 Å². The first kappa shape index (κ1) is 4.60. The minimum atomic E-state index is -0.114. The van der Waals surface area contributed by atoms with Gasteiger partial charge in [-0.1, -0.05) is 0 Å². The quantitative estimate of drug-likeness (QED) is 0.483. The van der Waals surface area contributed by atoms with Gasteiger partial charge in [-0.25, -0.2) is 0 Å². The normalized spacial score (nSPS) is 18.0. The SMILES string of the molecule is O=PC1=COCO1. The summed E-state index contributed by atoms with van der Waals surface area (Å²) in [5, 5.41) is 0. The van der Waals surface area contributed by atoms with E-state index in [4.69, 9.17) is 0 Å². The highest BCUT2D eigenvalue weighted by molar-refractivity contribution is 7.28. The van der Waals surface area contributed by atoms with Crippen LogP contribution in [0.15, 0.2) is 11.8 Å².